The number of hydrogen-bond donors (Lipinski definition) is 2. The molecule has 1 aliphatic heterocycles. The first-order valence-electron chi connectivity index (χ1n) is 10.3. The largest absolute Gasteiger partial charge is 0.426 e. The van der Waals surface area contributed by atoms with Crippen LogP contribution in [0.15, 0.2) is 24.4 Å². The van der Waals surface area contributed by atoms with E-state index in [4.69, 9.17) is 25.5 Å². The van der Waals surface area contributed by atoms with Crippen LogP contribution in [0.4, 0.5) is 16.4 Å². The first-order chi connectivity index (χ1) is 15.4. The second-order valence-corrected chi connectivity index (χ2v) is 7.44. The summed E-state index contributed by atoms with van der Waals surface area (Å²) in [6.45, 7) is 2.40. The highest BCUT2D eigenvalue weighted by molar-refractivity contribution is 5.92. The van der Waals surface area contributed by atoms with Gasteiger partial charge < -0.3 is 20.5 Å². The highest BCUT2D eigenvalue weighted by atomic mass is 16.7. The minimum Gasteiger partial charge on any atom is -0.352 e. The van der Waals surface area contributed by atoms with Crippen LogP contribution in [0.25, 0.3) is 0 Å². The molecule has 0 saturated carbocycles. The van der Waals surface area contributed by atoms with Crippen LogP contribution < -0.4 is 15.5 Å². The number of carbonyl (C=O) groups excluding carboxylic acids is 2. The zero-order valence-corrected chi connectivity index (χ0v) is 18.4. The Bertz CT molecular complexity index is 1050. The summed E-state index contributed by atoms with van der Waals surface area (Å²) in [4.78, 5) is 33.9. The van der Waals surface area contributed by atoms with Crippen molar-refractivity contribution in [3.63, 3.8) is 0 Å². The van der Waals surface area contributed by atoms with Gasteiger partial charge in [0.15, 0.2) is 0 Å². The molecule has 10 nitrogen and oxygen atoms in total. The molecule has 3 rings (SSSR count). The fourth-order valence-corrected chi connectivity index (χ4v) is 3.95. The van der Waals surface area contributed by atoms with E-state index < -0.39 is 12.3 Å². The van der Waals surface area contributed by atoms with Crippen molar-refractivity contribution < 1.29 is 19.1 Å². The average Bonchev–Trinajstić information content (AvgIpc) is 2.82. The lowest BCUT2D eigenvalue weighted by molar-refractivity contribution is -0.121. The molecule has 168 valence electrons. The Balaban J connectivity index is 2.21. The van der Waals surface area contributed by atoms with Gasteiger partial charge >= 0.3 is 6.03 Å². The quantitative estimate of drug-likeness (QED) is 0.498. The number of nitrogens with zero attached hydrogens (tertiary/aromatic N) is 4. The van der Waals surface area contributed by atoms with Gasteiger partial charge in [-0.3, -0.25) is 4.79 Å². The number of quaternary nitrogens is 1. The number of hydrogen-bond acceptors (Lipinski definition) is 7. The lowest BCUT2D eigenvalue weighted by atomic mass is 9.99. The van der Waals surface area contributed by atoms with Crippen LogP contribution >= 0.6 is 0 Å². The van der Waals surface area contributed by atoms with Crippen LogP contribution in [0.2, 0.25) is 0 Å². The van der Waals surface area contributed by atoms with Crippen LogP contribution in [-0.4, -0.2) is 42.7 Å². The molecule has 1 unspecified atom stereocenters. The topological polar surface area (TPSA) is 140 Å². The molecule has 0 aliphatic carbocycles. The summed E-state index contributed by atoms with van der Waals surface area (Å²) < 4.78 is 10.5. The third kappa shape index (κ3) is 4.18. The number of carbonyl (C=O) groups is 2. The number of nitrogens with one attached hydrogen (secondary N) is 1. The van der Waals surface area contributed by atoms with Gasteiger partial charge in [0.2, 0.25) is 23.8 Å². The average molecular weight is 439 g/mol. The van der Waals surface area contributed by atoms with Crippen molar-refractivity contribution in [3.05, 3.63) is 46.8 Å². The smallest absolute Gasteiger partial charge is 0.352 e. The van der Waals surface area contributed by atoms with Crippen LogP contribution in [-0.2, 0) is 27.2 Å². The van der Waals surface area contributed by atoms with E-state index in [-0.39, 0.29) is 16.9 Å². The third-order valence-corrected chi connectivity index (χ3v) is 5.59. The zero-order valence-electron chi connectivity index (χ0n) is 18.4. The van der Waals surface area contributed by atoms with Crippen LogP contribution in [0, 0.1) is 11.3 Å². The number of nitriles is 1. The maximum Gasteiger partial charge on any atom is 0.426 e. The minimum atomic E-state index is -0.806. The predicted molar refractivity (Wildman–Crippen MR) is 116 cm³/mol. The summed E-state index contributed by atoms with van der Waals surface area (Å²) in [5.41, 5.74) is 8.32. The lowest BCUT2D eigenvalue weighted by Gasteiger charge is -2.36. The van der Waals surface area contributed by atoms with Gasteiger partial charge in [0.05, 0.1) is 11.8 Å². The van der Waals surface area contributed by atoms with Crippen molar-refractivity contribution in [2.75, 3.05) is 20.8 Å². The Labute approximate surface area is 186 Å². The Morgan fingerprint density at radius 2 is 2.09 bits per heavy atom. The molecule has 0 spiro atoms. The van der Waals surface area contributed by atoms with Crippen molar-refractivity contribution in [1.82, 2.24) is 19.8 Å². The molecule has 10 heteroatoms. The van der Waals surface area contributed by atoms with E-state index in [9.17, 15) is 9.59 Å². The third-order valence-electron chi connectivity index (χ3n) is 5.59. The number of aromatic nitrogens is 2. The minimum absolute atomic E-state index is 0.0934. The number of methoxy groups -OCH3 is 2. The summed E-state index contributed by atoms with van der Waals surface area (Å²) >= 11 is 0. The van der Waals surface area contributed by atoms with E-state index in [2.05, 4.69) is 10.3 Å². The number of amides is 3. The molecule has 0 aromatic carbocycles. The Morgan fingerprint density at radius 3 is 2.66 bits per heavy atom. The van der Waals surface area contributed by atoms with Gasteiger partial charge in [0.25, 0.3) is 0 Å². The number of aryl methyl sites for hydroxylation is 1. The Morgan fingerprint density at radius 1 is 1.34 bits per heavy atom. The van der Waals surface area contributed by atoms with E-state index in [0.29, 0.717) is 48.7 Å². The summed E-state index contributed by atoms with van der Waals surface area (Å²) in [6.07, 6.45) is 2.33. The second-order valence-electron chi connectivity index (χ2n) is 7.44. The number of ether oxygens (including phenoxy) is 2. The fourth-order valence-electron chi connectivity index (χ4n) is 3.95. The molecular formula is C22H27N6O4+. The first kappa shape index (κ1) is 23.3. The molecule has 0 fully saturated rings. The summed E-state index contributed by atoms with van der Waals surface area (Å²) in [7, 11) is 2.98. The van der Waals surface area contributed by atoms with Gasteiger partial charge in [-0.05, 0) is 24.1 Å². The molecule has 32 heavy (non-hydrogen) atoms. The fraction of sp³-hybridized carbons (Fsp3) is 0.409. The molecule has 1 atom stereocenters. The van der Waals surface area contributed by atoms with Gasteiger partial charge in [0.1, 0.15) is 18.3 Å². The van der Waals surface area contributed by atoms with Gasteiger partial charge in [-0.2, -0.15) is 10.2 Å². The van der Waals surface area contributed by atoms with Crippen LogP contribution in [0.5, 0.6) is 0 Å². The summed E-state index contributed by atoms with van der Waals surface area (Å²) in [5.74, 6) is 0.735. The predicted octanol–water partition coefficient (Wildman–Crippen LogP) is 2.33. The van der Waals surface area contributed by atoms with Gasteiger partial charge in [0, 0.05) is 45.2 Å². The second kappa shape index (κ2) is 9.82. The zero-order chi connectivity index (χ0) is 23.3. The van der Waals surface area contributed by atoms with Crippen molar-refractivity contribution in [3.8, 4) is 6.07 Å². The Kier molecular flexibility index (Phi) is 7.15. The standard InChI is InChI=1S/C22H26N6O4/c1-4-18(29)26-13-16-10-15-6-5-9-28(22(24)30,17-8-7-14(11-23)12-25-17)20(15)27-19(16)21(31-2)32-3/h7-8,10,12,21H,4-6,9,13H2,1-3H3,(H2-,24,26,29,30)/p+1. The van der Waals surface area contributed by atoms with Crippen LogP contribution in [0.1, 0.15) is 48.4 Å². The number of fused-ring (bicyclic) bond motifs is 1. The highest BCUT2D eigenvalue weighted by Crippen LogP contribution is 2.40. The molecule has 3 N–H and O–H groups in total. The Hall–Kier alpha value is -3.39. The SMILES string of the molecule is CCC(=O)NCc1cc2c(nc1C(OC)OC)[N+](C(N)=O)(c1ccc(C#N)cn1)CCC2. The molecular weight excluding hydrogens is 412 g/mol. The molecule has 0 radical (unpaired) electrons. The van der Waals surface area contributed by atoms with Gasteiger partial charge in [-0.25, -0.2) is 9.78 Å². The number of primary amides is 1. The maximum absolute atomic E-state index is 12.9. The van der Waals surface area contributed by atoms with Crippen molar-refractivity contribution >= 4 is 23.6 Å². The van der Waals surface area contributed by atoms with E-state index in [1.165, 1.54) is 20.4 Å². The molecule has 0 bridgehead atoms. The van der Waals surface area contributed by atoms with Crippen LogP contribution in [0.3, 0.4) is 0 Å². The normalized spacial score (nSPS) is 17.5. The van der Waals surface area contributed by atoms with E-state index in [0.717, 1.165) is 11.1 Å². The molecule has 3 heterocycles. The molecule has 2 aromatic rings. The molecule has 3 amide bonds. The maximum atomic E-state index is 12.9. The molecule has 0 saturated heterocycles. The number of rotatable bonds is 7. The number of nitrogens with two attached hydrogens (primary N) is 1. The first-order valence-corrected chi connectivity index (χ1v) is 10.3. The monoisotopic (exact) mass is 439 g/mol. The van der Waals surface area contributed by atoms with Gasteiger partial charge in [-0.15, -0.1) is 4.48 Å². The number of urea groups is 1. The van der Waals surface area contributed by atoms with Crippen molar-refractivity contribution in [2.24, 2.45) is 5.73 Å². The van der Waals surface area contributed by atoms with Gasteiger partial charge in [-0.1, -0.05) is 6.92 Å². The lowest BCUT2D eigenvalue weighted by Crippen LogP contribution is -2.56. The number of pyridine rings is 2. The molecule has 1 aliphatic rings. The van der Waals surface area contributed by atoms with Crippen molar-refractivity contribution in [1.29, 1.82) is 5.26 Å². The van der Waals surface area contributed by atoms with E-state index >= 15 is 0 Å². The molecule has 2 aromatic heterocycles. The van der Waals surface area contributed by atoms with E-state index in [1.807, 2.05) is 12.1 Å². The van der Waals surface area contributed by atoms with E-state index in [1.54, 1.807) is 19.1 Å². The summed E-state index contributed by atoms with van der Waals surface area (Å²) in [6, 6.07) is 6.54. The highest BCUT2D eigenvalue weighted by Gasteiger charge is 2.47. The summed E-state index contributed by atoms with van der Waals surface area (Å²) in [5, 5.41) is 12.0. The van der Waals surface area contributed by atoms with Crippen molar-refractivity contribution in [2.45, 2.75) is 39.0 Å².